The molecule has 0 saturated carbocycles. The van der Waals surface area contributed by atoms with Crippen molar-refractivity contribution < 1.29 is 29.0 Å². The Balaban J connectivity index is 2.06. The molecule has 0 spiro atoms. The van der Waals surface area contributed by atoms with E-state index < -0.39 is 23.7 Å². The summed E-state index contributed by atoms with van der Waals surface area (Å²) >= 11 is 0. The zero-order valence-electron chi connectivity index (χ0n) is 19.5. The van der Waals surface area contributed by atoms with Crippen LogP contribution in [0.5, 0.6) is 5.75 Å². The van der Waals surface area contributed by atoms with Crippen LogP contribution in [-0.2, 0) is 14.3 Å². The summed E-state index contributed by atoms with van der Waals surface area (Å²) in [6.45, 7) is 4.75. The number of likely N-dealkylation sites (N-methyl/N-ethyl adjacent to an activating group) is 1. The molecule has 1 amide bonds. The van der Waals surface area contributed by atoms with Crippen molar-refractivity contribution in [3.63, 3.8) is 0 Å². The van der Waals surface area contributed by atoms with Gasteiger partial charge in [0, 0.05) is 18.7 Å². The van der Waals surface area contributed by atoms with E-state index >= 15 is 0 Å². The zero-order chi connectivity index (χ0) is 24.8. The molecule has 1 saturated heterocycles. The van der Waals surface area contributed by atoms with Gasteiger partial charge < -0.3 is 24.4 Å². The van der Waals surface area contributed by atoms with E-state index in [1.54, 1.807) is 54.6 Å². The Bertz CT molecular complexity index is 1100. The van der Waals surface area contributed by atoms with Crippen molar-refractivity contribution >= 4 is 23.4 Å². The monoisotopic (exact) mass is 464 g/mol. The number of carbonyl (C=O) groups excluding carboxylic acids is 3. The van der Waals surface area contributed by atoms with E-state index in [1.807, 2.05) is 19.0 Å². The van der Waals surface area contributed by atoms with Crippen LogP contribution < -0.4 is 4.74 Å². The van der Waals surface area contributed by atoms with Crippen molar-refractivity contribution in [3.8, 4) is 5.75 Å². The summed E-state index contributed by atoms with van der Waals surface area (Å²) in [6.07, 6.45) is 1.62. The molecule has 0 aliphatic carbocycles. The number of nitrogens with zero attached hydrogens (tertiary/aromatic N) is 2. The summed E-state index contributed by atoms with van der Waals surface area (Å²) < 4.78 is 10.2. The number of carbonyl (C=O) groups is 3. The van der Waals surface area contributed by atoms with Crippen LogP contribution in [-0.4, -0.2) is 73.5 Å². The lowest BCUT2D eigenvalue weighted by molar-refractivity contribution is -0.140. The van der Waals surface area contributed by atoms with Gasteiger partial charge in [-0.15, -0.1) is 0 Å². The minimum Gasteiger partial charge on any atom is -0.507 e. The molecule has 1 atom stereocenters. The average Bonchev–Trinajstić information content (AvgIpc) is 3.10. The van der Waals surface area contributed by atoms with Gasteiger partial charge in [-0.3, -0.25) is 9.59 Å². The number of benzene rings is 2. The molecule has 0 aromatic heterocycles. The highest BCUT2D eigenvalue weighted by Gasteiger charge is 2.45. The number of likely N-dealkylation sites (tertiary alicyclic amines) is 1. The van der Waals surface area contributed by atoms with Crippen molar-refractivity contribution in [2.45, 2.75) is 6.04 Å². The molecule has 1 heterocycles. The van der Waals surface area contributed by atoms with Crippen LogP contribution in [0.4, 0.5) is 0 Å². The van der Waals surface area contributed by atoms with Gasteiger partial charge in [-0.2, -0.15) is 0 Å². The molecule has 2 aromatic carbocycles. The summed E-state index contributed by atoms with van der Waals surface area (Å²) in [7, 11) is 5.03. The number of methoxy groups -OCH3 is 1. The molecule has 1 N–H and O–H groups in total. The highest BCUT2D eigenvalue weighted by Crippen LogP contribution is 2.39. The predicted molar refractivity (Wildman–Crippen MR) is 127 cm³/mol. The molecular weight excluding hydrogens is 436 g/mol. The first kappa shape index (κ1) is 24.7. The summed E-state index contributed by atoms with van der Waals surface area (Å²) in [5.41, 5.74) is 1.31. The Morgan fingerprint density at radius 1 is 1.09 bits per heavy atom. The standard InChI is InChI=1S/C26H28N2O6/c1-5-16-34-20-12-10-18(11-13-20)23(29)21-22(17-6-8-19(9-7-17)26(32)33-4)28(15-14-27(2)3)25(31)24(21)30/h5-13,22,29H,1,14-16H2,2-4H3/b23-21-. The number of hydrogen-bond donors (Lipinski definition) is 1. The van der Waals surface area contributed by atoms with Crippen LogP contribution in [0.2, 0.25) is 0 Å². The van der Waals surface area contributed by atoms with Crippen molar-refractivity contribution in [2.24, 2.45) is 0 Å². The van der Waals surface area contributed by atoms with Gasteiger partial charge in [0.2, 0.25) is 0 Å². The number of hydrogen-bond acceptors (Lipinski definition) is 7. The number of aliphatic hydroxyl groups excluding tert-OH is 1. The molecule has 0 radical (unpaired) electrons. The molecule has 8 nitrogen and oxygen atoms in total. The van der Waals surface area contributed by atoms with Crippen molar-refractivity contribution in [1.82, 2.24) is 9.80 Å². The van der Waals surface area contributed by atoms with Crippen molar-refractivity contribution in [3.05, 3.63) is 83.4 Å². The maximum absolute atomic E-state index is 13.1. The Morgan fingerprint density at radius 2 is 1.71 bits per heavy atom. The number of rotatable bonds is 9. The second-order valence-electron chi connectivity index (χ2n) is 8.03. The minimum atomic E-state index is -0.802. The third-order valence-electron chi connectivity index (χ3n) is 5.47. The maximum atomic E-state index is 13.1. The normalized spacial score (nSPS) is 17.2. The molecule has 1 fully saturated rings. The average molecular weight is 465 g/mol. The fraction of sp³-hybridized carbons (Fsp3) is 0.269. The van der Waals surface area contributed by atoms with Crippen LogP contribution in [0.1, 0.15) is 27.5 Å². The first-order chi connectivity index (χ1) is 16.3. The summed E-state index contributed by atoms with van der Waals surface area (Å²) in [5, 5.41) is 11.1. The molecule has 3 rings (SSSR count). The third kappa shape index (κ3) is 5.18. The molecule has 1 unspecified atom stereocenters. The molecule has 0 bridgehead atoms. The van der Waals surface area contributed by atoms with Gasteiger partial charge >= 0.3 is 5.97 Å². The highest BCUT2D eigenvalue weighted by molar-refractivity contribution is 6.46. The van der Waals surface area contributed by atoms with Crippen LogP contribution in [0, 0.1) is 0 Å². The molecule has 34 heavy (non-hydrogen) atoms. The van der Waals surface area contributed by atoms with Gasteiger partial charge in [0.15, 0.2) is 0 Å². The molecule has 2 aromatic rings. The Morgan fingerprint density at radius 3 is 2.26 bits per heavy atom. The Kier molecular flexibility index (Phi) is 7.86. The lowest BCUT2D eigenvalue weighted by Crippen LogP contribution is -2.35. The molecule has 1 aliphatic rings. The smallest absolute Gasteiger partial charge is 0.337 e. The lowest BCUT2D eigenvalue weighted by Gasteiger charge is -2.26. The van der Waals surface area contributed by atoms with Gasteiger partial charge in [0.05, 0.1) is 24.3 Å². The van der Waals surface area contributed by atoms with Crippen LogP contribution in [0.25, 0.3) is 5.76 Å². The van der Waals surface area contributed by atoms with E-state index in [9.17, 15) is 19.5 Å². The van der Waals surface area contributed by atoms with E-state index in [-0.39, 0.29) is 17.9 Å². The molecule has 8 heteroatoms. The minimum absolute atomic E-state index is 0.00525. The van der Waals surface area contributed by atoms with Crippen LogP contribution in [0.15, 0.2) is 66.8 Å². The van der Waals surface area contributed by atoms with E-state index in [0.29, 0.717) is 35.6 Å². The summed E-state index contributed by atoms with van der Waals surface area (Å²) in [4.78, 5) is 41.2. The molecule has 178 valence electrons. The van der Waals surface area contributed by atoms with Gasteiger partial charge in [0.25, 0.3) is 11.7 Å². The number of ketones is 1. The van der Waals surface area contributed by atoms with E-state index in [0.717, 1.165) is 0 Å². The van der Waals surface area contributed by atoms with Gasteiger partial charge in [-0.1, -0.05) is 24.8 Å². The number of amides is 1. The van der Waals surface area contributed by atoms with Gasteiger partial charge in [-0.05, 0) is 56.1 Å². The second kappa shape index (κ2) is 10.8. The van der Waals surface area contributed by atoms with Crippen molar-refractivity contribution in [2.75, 3.05) is 40.9 Å². The van der Waals surface area contributed by atoms with Gasteiger partial charge in [0.1, 0.15) is 18.1 Å². The molecule has 1 aliphatic heterocycles. The molecular formula is C26H28N2O6. The topological polar surface area (TPSA) is 96.4 Å². The van der Waals surface area contributed by atoms with E-state index in [1.165, 1.54) is 12.0 Å². The number of Topliss-reactive ketones (excluding diaryl/α,β-unsaturated/α-hetero) is 1. The first-order valence-corrected chi connectivity index (χ1v) is 10.7. The maximum Gasteiger partial charge on any atom is 0.337 e. The second-order valence-corrected chi connectivity index (χ2v) is 8.03. The SMILES string of the molecule is C=CCOc1ccc(/C(O)=C2/C(=O)C(=O)N(CCN(C)C)C2c2ccc(C(=O)OC)cc2)cc1. The largest absolute Gasteiger partial charge is 0.507 e. The summed E-state index contributed by atoms with van der Waals surface area (Å²) in [5.74, 6) is -1.63. The Hall–Kier alpha value is -3.91. The zero-order valence-corrected chi connectivity index (χ0v) is 19.5. The van der Waals surface area contributed by atoms with E-state index in [4.69, 9.17) is 9.47 Å². The fourth-order valence-electron chi connectivity index (χ4n) is 3.70. The quantitative estimate of drug-likeness (QED) is 0.200. The van der Waals surface area contributed by atoms with E-state index in [2.05, 4.69) is 6.58 Å². The predicted octanol–water partition coefficient (Wildman–Crippen LogP) is 3.02. The third-order valence-corrected chi connectivity index (χ3v) is 5.47. The highest BCUT2D eigenvalue weighted by atomic mass is 16.5. The number of aliphatic hydroxyl groups is 1. The van der Waals surface area contributed by atoms with Crippen LogP contribution in [0.3, 0.4) is 0 Å². The van der Waals surface area contributed by atoms with Crippen LogP contribution >= 0.6 is 0 Å². The number of esters is 1. The van der Waals surface area contributed by atoms with Gasteiger partial charge in [-0.25, -0.2) is 4.79 Å². The Labute approximate surface area is 198 Å². The van der Waals surface area contributed by atoms with Crippen molar-refractivity contribution in [1.29, 1.82) is 0 Å². The first-order valence-electron chi connectivity index (χ1n) is 10.7. The fourth-order valence-corrected chi connectivity index (χ4v) is 3.70. The lowest BCUT2D eigenvalue weighted by atomic mass is 9.94. The summed E-state index contributed by atoms with van der Waals surface area (Å²) in [6, 6.07) is 12.2. The number of ether oxygens (including phenoxy) is 2.